The Morgan fingerprint density at radius 2 is 2.00 bits per heavy atom. The van der Waals surface area contributed by atoms with Gasteiger partial charge in [0, 0.05) is 12.8 Å². The van der Waals surface area contributed by atoms with E-state index in [9.17, 15) is 19.8 Å². The highest BCUT2D eigenvalue weighted by Crippen LogP contribution is 2.25. The molecule has 7 nitrogen and oxygen atoms in total. The van der Waals surface area contributed by atoms with Gasteiger partial charge in [0.05, 0.1) is 6.61 Å². The normalized spacial score (nSPS) is 11.8. The van der Waals surface area contributed by atoms with E-state index >= 15 is 0 Å². The molecule has 0 fully saturated rings. The van der Waals surface area contributed by atoms with Crippen molar-refractivity contribution in [3.8, 4) is 11.5 Å². The standard InChI is InChI=1S/C17H26N2O5/c1-2-3-9-24-17(23)13(19-16(22)5-4-8-18)10-12-6-7-14(20)15(21)11-12/h6-7,11,13,20-21H,2-5,8-10,18H2,1H3,(H,19,22). The number of benzene rings is 1. The van der Waals surface area contributed by atoms with Gasteiger partial charge >= 0.3 is 5.97 Å². The van der Waals surface area contributed by atoms with Crippen molar-refractivity contribution in [1.29, 1.82) is 0 Å². The maximum Gasteiger partial charge on any atom is 0.328 e. The summed E-state index contributed by atoms with van der Waals surface area (Å²) < 4.78 is 5.19. The van der Waals surface area contributed by atoms with Crippen molar-refractivity contribution < 1.29 is 24.5 Å². The first kappa shape index (κ1) is 19.8. The number of unbranched alkanes of at least 4 members (excludes halogenated alkanes) is 1. The molecule has 0 radical (unpaired) electrons. The molecule has 24 heavy (non-hydrogen) atoms. The predicted molar refractivity (Wildman–Crippen MR) is 89.6 cm³/mol. The topological polar surface area (TPSA) is 122 Å². The van der Waals surface area contributed by atoms with Crippen LogP contribution in [0.25, 0.3) is 0 Å². The van der Waals surface area contributed by atoms with Crippen LogP contribution >= 0.6 is 0 Å². The molecule has 0 aliphatic rings. The van der Waals surface area contributed by atoms with Crippen LogP contribution in [-0.4, -0.2) is 41.3 Å². The van der Waals surface area contributed by atoms with Crippen LogP contribution in [0.5, 0.6) is 11.5 Å². The summed E-state index contributed by atoms with van der Waals surface area (Å²) in [5.41, 5.74) is 5.98. The van der Waals surface area contributed by atoms with Crippen molar-refractivity contribution in [2.75, 3.05) is 13.2 Å². The Morgan fingerprint density at radius 3 is 2.62 bits per heavy atom. The number of rotatable bonds is 10. The van der Waals surface area contributed by atoms with Gasteiger partial charge in [-0.1, -0.05) is 19.4 Å². The van der Waals surface area contributed by atoms with E-state index in [0.29, 0.717) is 25.1 Å². The average Bonchev–Trinajstić information content (AvgIpc) is 2.55. The van der Waals surface area contributed by atoms with E-state index < -0.39 is 12.0 Å². The highest BCUT2D eigenvalue weighted by atomic mass is 16.5. The molecule has 1 unspecified atom stereocenters. The second-order valence-electron chi connectivity index (χ2n) is 5.56. The number of phenols is 2. The van der Waals surface area contributed by atoms with E-state index in [4.69, 9.17) is 10.5 Å². The summed E-state index contributed by atoms with van der Waals surface area (Å²) in [5.74, 6) is -1.31. The Labute approximate surface area is 141 Å². The van der Waals surface area contributed by atoms with Crippen LogP contribution < -0.4 is 11.1 Å². The number of ether oxygens (including phenoxy) is 1. The maximum atomic E-state index is 12.2. The first-order chi connectivity index (χ1) is 11.5. The molecular formula is C17H26N2O5. The quantitative estimate of drug-likeness (QED) is 0.289. The number of phenolic OH excluding ortho intramolecular Hbond substituents is 2. The molecule has 0 aliphatic carbocycles. The molecule has 1 rings (SSSR count). The fourth-order valence-corrected chi connectivity index (χ4v) is 2.07. The number of aromatic hydroxyl groups is 2. The van der Waals surface area contributed by atoms with Gasteiger partial charge in [-0.15, -0.1) is 0 Å². The summed E-state index contributed by atoms with van der Waals surface area (Å²) in [7, 11) is 0. The third-order valence-electron chi connectivity index (χ3n) is 3.45. The minimum absolute atomic E-state index is 0.160. The first-order valence-corrected chi connectivity index (χ1v) is 8.14. The van der Waals surface area contributed by atoms with Crippen molar-refractivity contribution in [3.05, 3.63) is 23.8 Å². The summed E-state index contributed by atoms with van der Waals surface area (Å²) in [5, 5.41) is 21.6. The van der Waals surface area contributed by atoms with Gasteiger partial charge in [-0.25, -0.2) is 4.79 Å². The van der Waals surface area contributed by atoms with Crippen LogP contribution in [0.3, 0.4) is 0 Å². The van der Waals surface area contributed by atoms with E-state index in [1.165, 1.54) is 12.1 Å². The van der Waals surface area contributed by atoms with Crippen molar-refractivity contribution in [2.24, 2.45) is 5.73 Å². The molecule has 1 aromatic carbocycles. The number of nitrogens with two attached hydrogens (primary N) is 1. The van der Waals surface area contributed by atoms with Crippen LogP contribution in [0.1, 0.15) is 38.2 Å². The zero-order valence-electron chi connectivity index (χ0n) is 14.0. The minimum atomic E-state index is -0.851. The van der Waals surface area contributed by atoms with Gasteiger partial charge in [0.25, 0.3) is 0 Å². The average molecular weight is 338 g/mol. The molecule has 134 valence electrons. The Hall–Kier alpha value is -2.28. The number of hydrogen-bond acceptors (Lipinski definition) is 6. The molecular weight excluding hydrogens is 312 g/mol. The molecule has 7 heteroatoms. The van der Waals surface area contributed by atoms with Gasteiger partial charge in [-0.3, -0.25) is 4.79 Å². The maximum absolute atomic E-state index is 12.2. The van der Waals surface area contributed by atoms with Crippen LogP contribution in [-0.2, 0) is 20.7 Å². The number of carbonyl (C=O) groups is 2. The summed E-state index contributed by atoms with van der Waals surface area (Å²) >= 11 is 0. The van der Waals surface area contributed by atoms with Gasteiger partial charge in [0.15, 0.2) is 11.5 Å². The van der Waals surface area contributed by atoms with E-state index in [0.717, 1.165) is 12.8 Å². The van der Waals surface area contributed by atoms with Crippen LogP contribution in [0.4, 0.5) is 0 Å². The molecule has 0 saturated heterocycles. The van der Waals surface area contributed by atoms with Crippen molar-refractivity contribution in [3.63, 3.8) is 0 Å². The van der Waals surface area contributed by atoms with E-state index in [1.54, 1.807) is 6.07 Å². The van der Waals surface area contributed by atoms with E-state index in [-0.39, 0.29) is 30.2 Å². The lowest BCUT2D eigenvalue weighted by atomic mass is 10.0. The van der Waals surface area contributed by atoms with Gasteiger partial charge in [0.2, 0.25) is 5.91 Å². The zero-order chi connectivity index (χ0) is 17.9. The summed E-state index contributed by atoms with van der Waals surface area (Å²) in [6.45, 7) is 2.68. The molecule has 0 heterocycles. The highest BCUT2D eigenvalue weighted by Gasteiger charge is 2.23. The van der Waals surface area contributed by atoms with Crippen LogP contribution in [0, 0.1) is 0 Å². The van der Waals surface area contributed by atoms with Crippen LogP contribution in [0.2, 0.25) is 0 Å². The van der Waals surface area contributed by atoms with Gasteiger partial charge in [-0.05, 0) is 37.1 Å². The Balaban J connectivity index is 2.76. The number of esters is 1. The molecule has 0 bridgehead atoms. The number of hydrogen-bond donors (Lipinski definition) is 4. The smallest absolute Gasteiger partial charge is 0.328 e. The summed E-state index contributed by atoms with van der Waals surface area (Å²) in [6.07, 6.45) is 2.57. The summed E-state index contributed by atoms with van der Waals surface area (Å²) in [6, 6.07) is 3.41. The Morgan fingerprint density at radius 1 is 1.25 bits per heavy atom. The Kier molecular flexibility index (Phi) is 8.64. The molecule has 1 atom stereocenters. The lowest BCUT2D eigenvalue weighted by molar-refractivity contribution is -0.148. The molecule has 1 amide bonds. The van der Waals surface area contributed by atoms with E-state index in [1.807, 2.05) is 6.92 Å². The number of amides is 1. The minimum Gasteiger partial charge on any atom is -0.504 e. The van der Waals surface area contributed by atoms with Crippen molar-refractivity contribution >= 4 is 11.9 Å². The lowest BCUT2D eigenvalue weighted by Gasteiger charge is -2.18. The fourth-order valence-electron chi connectivity index (χ4n) is 2.07. The molecule has 0 aliphatic heterocycles. The largest absolute Gasteiger partial charge is 0.504 e. The monoisotopic (exact) mass is 338 g/mol. The first-order valence-electron chi connectivity index (χ1n) is 8.14. The third kappa shape index (κ3) is 6.87. The third-order valence-corrected chi connectivity index (χ3v) is 3.45. The zero-order valence-corrected chi connectivity index (χ0v) is 14.0. The van der Waals surface area contributed by atoms with Crippen molar-refractivity contribution in [1.82, 2.24) is 5.32 Å². The number of carbonyl (C=O) groups excluding carboxylic acids is 2. The molecule has 0 saturated carbocycles. The highest BCUT2D eigenvalue weighted by molar-refractivity contribution is 5.84. The second kappa shape index (κ2) is 10.5. The van der Waals surface area contributed by atoms with Crippen LogP contribution in [0.15, 0.2) is 18.2 Å². The van der Waals surface area contributed by atoms with Gasteiger partial charge < -0.3 is 26.0 Å². The SMILES string of the molecule is CCCCOC(=O)C(Cc1ccc(O)c(O)c1)NC(=O)CCCN. The second-order valence-corrected chi connectivity index (χ2v) is 5.56. The van der Waals surface area contributed by atoms with Gasteiger partial charge in [-0.2, -0.15) is 0 Å². The van der Waals surface area contributed by atoms with Crippen molar-refractivity contribution in [2.45, 2.75) is 45.1 Å². The fraction of sp³-hybridized carbons (Fsp3) is 0.529. The lowest BCUT2D eigenvalue weighted by Crippen LogP contribution is -2.43. The molecule has 0 spiro atoms. The number of nitrogens with one attached hydrogen (secondary N) is 1. The Bertz CT molecular complexity index is 548. The molecule has 1 aromatic rings. The van der Waals surface area contributed by atoms with Gasteiger partial charge in [0.1, 0.15) is 6.04 Å². The van der Waals surface area contributed by atoms with E-state index in [2.05, 4.69) is 5.32 Å². The molecule has 5 N–H and O–H groups in total. The predicted octanol–water partition coefficient (Wildman–Crippen LogP) is 1.21. The summed E-state index contributed by atoms with van der Waals surface area (Å²) in [4.78, 5) is 24.1. The molecule has 0 aromatic heterocycles.